The average molecular weight is 268 g/mol. The molecule has 0 aromatic heterocycles. The first-order valence-electron chi connectivity index (χ1n) is 3.70. The van der Waals surface area contributed by atoms with Crippen LogP contribution in [0.2, 0.25) is 10.0 Å². The van der Waals surface area contributed by atoms with Gasteiger partial charge in [0.1, 0.15) is 5.02 Å². The maximum atomic E-state index is 11.2. The lowest BCUT2D eigenvalue weighted by Gasteiger charge is -2.02. The third kappa shape index (κ3) is 2.59. The summed E-state index contributed by atoms with van der Waals surface area (Å²) in [6, 6.07) is 2.18. The van der Waals surface area contributed by atoms with Crippen LogP contribution in [0.3, 0.4) is 0 Å². The Bertz CT molecular complexity index is 433. The molecule has 1 aromatic rings. The largest absolute Gasteiger partial charge is 0.293 e. The summed E-state index contributed by atoms with van der Waals surface area (Å²) in [5.41, 5.74) is -0.255. The van der Waals surface area contributed by atoms with Gasteiger partial charge in [-0.15, -0.1) is 11.6 Å². The molecule has 0 saturated carbocycles. The summed E-state index contributed by atoms with van der Waals surface area (Å²) in [5, 5.41) is 10.3. The lowest BCUT2D eigenvalue weighted by molar-refractivity contribution is -0.384. The summed E-state index contributed by atoms with van der Waals surface area (Å²) in [6.45, 7) is 0. The molecule has 0 aliphatic carbocycles. The first kappa shape index (κ1) is 12.2. The molecule has 0 atom stereocenters. The molecular weight excluding hydrogens is 264 g/mol. The van der Waals surface area contributed by atoms with Gasteiger partial charge in [-0.2, -0.15) is 0 Å². The highest BCUT2D eigenvalue weighted by atomic mass is 35.5. The van der Waals surface area contributed by atoms with Crippen LogP contribution in [-0.2, 0) is 0 Å². The van der Waals surface area contributed by atoms with E-state index in [9.17, 15) is 14.9 Å². The Kier molecular flexibility index (Phi) is 3.90. The zero-order valence-electron chi connectivity index (χ0n) is 7.17. The molecule has 7 heteroatoms. The molecular formula is C8H4Cl3NO3. The molecule has 0 amide bonds. The minimum Gasteiger partial charge on any atom is -0.293 e. The van der Waals surface area contributed by atoms with E-state index in [1.807, 2.05) is 0 Å². The minimum absolute atomic E-state index is 0.0308. The summed E-state index contributed by atoms with van der Waals surface area (Å²) < 4.78 is 0. The summed E-state index contributed by atoms with van der Waals surface area (Å²) >= 11 is 16.6. The molecule has 15 heavy (non-hydrogen) atoms. The van der Waals surface area contributed by atoms with Crippen molar-refractivity contribution in [2.24, 2.45) is 0 Å². The van der Waals surface area contributed by atoms with Gasteiger partial charge < -0.3 is 0 Å². The predicted molar refractivity (Wildman–Crippen MR) is 58.2 cm³/mol. The summed E-state index contributed by atoms with van der Waals surface area (Å²) in [6.07, 6.45) is 0. The van der Waals surface area contributed by atoms with E-state index in [-0.39, 0.29) is 27.2 Å². The topological polar surface area (TPSA) is 60.2 Å². The molecule has 0 aliphatic rings. The minimum atomic E-state index is -0.677. The van der Waals surface area contributed by atoms with Gasteiger partial charge in [0.25, 0.3) is 5.69 Å². The standard InChI is InChI=1S/C8H4Cl3NO3/c9-3-8(13)4-1-6(11)7(12(14)15)2-5(4)10/h1-2H,3H2. The molecule has 0 saturated heterocycles. The van der Waals surface area contributed by atoms with Crippen LogP contribution in [0.4, 0.5) is 5.69 Å². The first-order chi connectivity index (χ1) is 6.97. The van der Waals surface area contributed by atoms with Crippen molar-refractivity contribution in [2.45, 2.75) is 0 Å². The van der Waals surface area contributed by atoms with Crippen molar-refractivity contribution in [2.75, 3.05) is 5.88 Å². The molecule has 0 heterocycles. The van der Waals surface area contributed by atoms with E-state index in [1.165, 1.54) is 0 Å². The predicted octanol–water partition coefficient (Wildman–Crippen LogP) is 3.32. The number of nitrogens with zero attached hydrogens (tertiary/aromatic N) is 1. The van der Waals surface area contributed by atoms with Gasteiger partial charge in [-0.3, -0.25) is 14.9 Å². The molecule has 0 N–H and O–H groups in total. The third-order valence-corrected chi connectivity index (χ3v) is 2.51. The lowest BCUT2D eigenvalue weighted by atomic mass is 10.1. The Morgan fingerprint density at radius 3 is 2.40 bits per heavy atom. The van der Waals surface area contributed by atoms with Gasteiger partial charge in [0.05, 0.1) is 15.8 Å². The van der Waals surface area contributed by atoms with E-state index in [0.29, 0.717) is 0 Å². The van der Waals surface area contributed by atoms with Crippen molar-refractivity contribution in [3.8, 4) is 0 Å². The Labute approximate surface area is 99.9 Å². The van der Waals surface area contributed by atoms with Crippen LogP contribution in [0, 0.1) is 10.1 Å². The van der Waals surface area contributed by atoms with Crippen LogP contribution >= 0.6 is 34.8 Å². The van der Waals surface area contributed by atoms with Crippen molar-refractivity contribution in [3.63, 3.8) is 0 Å². The van der Waals surface area contributed by atoms with E-state index in [4.69, 9.17) is 34.8 Å². The SMILES string of the molecule is O=C(CCl)c1cc(Cl)c([N+](=O)[O-])cc1Cl. The Hall–Kier alpha value is -0.840. The van der Waals surface area contributed by atoms with E-state index >= 15 is 0 Å². The van der Waals surface area contributed by atoms with Gasteiger partial charge in [-0.25, -0.2) is 0 Å². The van der Waals surface area contributed by atoms with Crippen LogP contribution in [-0.4, -0.2) is 16.6 Å². The number of Topliss-reactive ketones (excluding diaryl/α,β-unsaturated/α-hetero) is 1. The third-order valence-electron chi connectivity index (χ3n) is 1.65. The molecule has 0 aliphatic heterocycles. The van der Waals surface area contributed by atoms with Gasteiger partial charge in [-0.05, 0) is 6.07 Å². The number of ketones is 1. The van der Waals surface area contributed by atoms with Gasteiger partial charge in [0.2, 0.25) is 0 Å². The van der Waals surface area contributed by atoms with Crippen molar-refractivity contribution < 1.29 is 9.72 Å². The van der Waals surface area contributed by atoms with E-state index in [1.54, 1.807) is 0 Å². The highest BCUT2D eigenvalue weighted by molar-refractivity contribution is 6.39. The summed E-state index contributed by atoms with van der Waals surface area (Å²) in [5.74, 6) is -0.688. The number of rotatable bonds is 3. The number of benzene rings is 1. The number of carbonyl (C=O) groups is 1. The Morgan fingerprint density at radius 2 is 1.93 bits per heavy atom. The highest BCUT2D eigenvalue weighted by Gasteiger charge is 2.18. The number of carbonyl (C=O) groups excluding carboxylic acids is 1. The quantitative estimate of drug-likeness (QED) is 0.366. The Morgan fingerprint density at radius 1 is 1.33 bits per heavy atom. The molecule has 4 nitrogen and oxygen atoms in total. The molecule has 0 spiro atoms. The molecule has 1 aromatic carbocycles. The summed E-state index contributed by atoms with van der Waals surface area (Å²) in [7, 11) is 0. The number of halogens is 3. The van der Waals surface area contributed by atoms with Gasteiger partial charge in [0.15, 0.2) is 5.78 Å². The monoisotopic (exact) mass is 267 g/mol. The van der Waals surface area contributed by atoms with Crippen molar-refractivity contribution >= 4 is 46.3 Å². The Balaban J connectivity index is 3.31. The number of hydrogen-bond acceptors (Lipinski definition) is 3. The zero-order valence-corrected chi connectivity index (χ0v) is 9.44. The van der Waals surface area contributed by atoms with Gasteiger partial charge in [0, 0.05) is 11.6 Å². The number of hydrogen-bond donors (Lipinski definition) is 0. The number of nitro benzene ring substituents is 1. The van der Waals surface area contributed by atoms with E-state index in [0.717, 1.165) is 12.1 Å². The van der Waals surface area contributed by atoms with Crippen LogP contribution in [0.15, 0.2) is 12.1 Å². The number of alkyl halides is 1. The molecule has 0 fully saturated rings. The molecule has 0 bridgehead atoms. The fraction of sp³-hybridized carbons (Fsp3) is 0.125. The van der Waals surface area contributed by atoms with Crippen molar-refractivity contribution in [1.82, 2.24) is 0 Å². The van der Waals surface area contributed by atoms with Gasteiger partial charge in [-0.1, -0.05) is 23.2 Å². The van der Waals surface area contributed by atoms with Crippen molar-refractivity contribution in [3.05, 3.63) is 37.9 Å². The van der Waals surface area contributed by atoms with Crippen LogP contribution in [0.1, 0.15) is 10.4 Å². The zero-order chi connectivity index (χ0) is 11.6. The average Bonchev–Trinajstić information content (AvgIpc) is 2.19. The maximum Gasteiger partial charge on any atom is 0.289 e. The second-order valence-corrected chi connectivity index (χ2v) is 3.68. The molecule has 1 rings (SSSR count). The van der Waals surface area contributed by atoms with Crippen LogP contribution in [0.25, 0.3) is 0 Å². The smallest absolute Gasteiger partial charge is 0.289 e. The fourth-order valence-electron chi connectivity index (χ4n) is 0.962. The first-order valence-corrected chi connectivity index (χ1v) is 4.99. The van der Waals surface area contributed by atoms with Crippen LogP contribution < -0.4 is 0 Å². The van der Waals surface area contributed by atoms with Crippen LogP contribution in [0.5, 0.6) is 0 Å². The second kappa shape index (κ2) is 4.79. The second-order valence-electron chi connectivity index (χ2n) is 2.60. The molecule has 0 unspecified atom stereocenters. The number of nitro groups is 1. The lowest BCUT2D eigenvalue weighted by Crippen LogP contribution is -2.02. The molecule has 0 radical (unpaired) electrons. The highest BCUT2D eigenvalue weighted by Crippen LogP contribution is 2.31. The maximum absolute atomic E-state index is 11.2. The van der Waals surface area contributed by atoms with Crippen molar-refractivity contribution in [1.29, 1.82) is 0 Å². The van der Waals surface area contributed by atoms with E-state index < -0.39 is 10.7 Å². The normalized spacial score (nSPS) is 10.1. The van der Waals surface area contributed by atoms with E-state index in [2.05, 4.69) is 0 Å². The molecule has 80 valence electrons. The summed E-state index contributed by atoms with van der Waals surface area (Å²) in [4.78, 5) is 21.0. The fourth-order valence-corrected chi connectivity index (χ4v) is 1.60. The van der Waals surface area contributed by atoms with Gasteiger partial charge >= 0.3 is 0 Å².